The molecule has 0 heterocycles. The summed E-state index contributed by atoms with van der Waals surface area (Å²) in [5, 5.41) is 0. The monoisotopic (exact) mass is 356 g/mol. The summed E-state index contributed by atoms with van der Waals surface area (Å²) in [4.78, 5) is 17.5. The van der Waals surface area contributed by atoms with Crippen LogP contribution in [0.15, 0.2) is 24.3 Å². The molecule has 0 aromatic heterocycles. The zero-order valence-electron chi connectivity index (χ0n) is 15.1. The third-order valence-electron chi connectivity index (χ3n) is 4.24. The highest BCUT2D eigenvalue weighted by molar-refractivity contribution is 7.39. The van der Waals surface area contributed by atoms with E-state index in [4.69, 9.17) is 19.0 Å². The fraction of sp³-hybridized carbons (Fsp3) is 0.684. The Balaban J connectivity index is 2.30. The second kappa shape index (κ2) is 13.7. The Morgan fingerprint density at radius 2 is 1.67 bits per heavy atom. The Hall–Kier alpha value is -0.510. The molecule has 0 fully saturated rings. The van der Waals surface area contributed by atoms with Crippen LogP contribution in [0.1, 0.15) is 69.4 Å². The van der Waals surface area contributed by atoms with Crippen molar-refractivity contribution in [3.8, 4) is 0 Å². The molecule has 1 unspecified atom stereocenters. The van der Waals surface area contributed by atoms with E-state index in [2.05, 4.69) is 38.1 Å². The molecule has 138 valence electrons. The molecular weight excluding hydrogens is 323 g/mol. The van der Waals surface area contributed by atoms with Crippen molar-refractivity contribution in [1.29, 1.82) is 0 Å². The molecule has 0 spiro atoms. The molecule has 0 radical (unpaired) electrons. The molecule has 0 aliphatic heterocycles. The molecule has 0 amide bonds. The lowest BCUT2D eigenvalue weighted by atomic mass is 9.91. The number of hydrogen-bond acceptors (Lipinski definition) is 4. The predicted molar refractivity (Wildman–Crippen MR) is 100 cm³/mol. The van der Waals surface area contributed by atoms with Crippen LogP contribution in [0.25, 0.3) is 0 Å². The molecule has 2 N–H and O–H groups in total. The van der Waals surface area contributed by atoms with Gasteiger partial charge < -0.3 is 19.0 Å². The first kappa shape index (κ1) is 21.5. The zero-order valence-corrected chi connectivity index (χ0v) is 16.0. The SMILES string of the molecule is CCCCOCCCc1ccc(C(CC)CCCOP(O)O)cc1. The number of benzene rings is 1. The van der Waals surface area contributed by atoms with E-state index in [-0.39, 0.29) is 0 Å². The van der Waals surface area contributed by atoms with Crippen molar-refractivity contribution in [2.75, 3.05) is 19.8 Å². The molecule has 0 aliphatic rings. The summed E-state index contributed by atoms with van der Waals surface area (Å²) in [5.41, 5.74) is 2.72. The van der Waals surface area contributed by atoms with Crippen LogP contribution in [-0.4, -0.2) is 29.6 Å². The van der Waals surface area contributed by atoms with Crippen LogP contribution < -0.4 is 0 Å². The number of hydrogen-bond donors (Lipinski definition) is 2. The average Bonchev–Trinajstić information content (AvgIpc) is 2.59. The van der Waals surface area contributed by atoms with Crippen LogP contribution in [0.2, 0.25) is 0 Å². The van der Waals surface area contributed by atoms with Gasteiger partial charge in [-0.2, -0.15) is 0 Å². The second-order valence-electron chi connectivity index (χ2n) is 6.14. The predicted octanol–water partition coefficient (Wildman–Crippen LogP) is 4.94. The number of rotatable bonds is 14. The molecule has 0 saturated carbocycles. The Morgan fingerprint density at radius 3 is 2.29 bits per heavy atom. The Labute approximate surface area is 148 Å². The van der Waals surface area contributed by atoms with Crippen LogP contribution in [0.5, 0.6) is 0 Å². The highest BCUT2D eigenvalue weighted by Crippen LogP contribution is 2.28. The lowest BCUT2D eigenvalue weighted by Crippen LogP contribution is -2.01. The highest BCUT2D eigenvalue weighted by Gasteiger charge is 2.10. The summed E-state index contributed by atoms with van der Waals surface area (Å²) in [6.45, 7) is 6.51. The smallest absolute Gasteiger partial charge is 0.327 e. The normalized spacial score (nSPS) is 12.7. The number of aryl methyl sites for hydroxylation is 1. The van der Waals surface area contributed by atoms with Gasteiger partial charge in [-0.05, 0) is 55.6 Å². The minimum Gasteiger partial charge on any atom is -0.381 e. The van der Waals surface area contributed by atoms with Crippen molar-refractivity contribution in [2.24, 2.45) is 0 Å². The highest BCUT2D eigenvalue weighted by atomic mass is 31.2. The van der Waals surface area contributed by atoms with Crippen molar-refractivity contribution in [3.05, 3.63) is 35.4 Å². The molecule has 1 aromatic carbocycles. The lowest BCUT2D eigenvalue weighted by molar-refractivity contribution is 0.129. The fourth-order valence-electron chi connectivity index (χ4n) is 2.77. The maximum Gasteiger partial charge on any atom is 0.327 e. The molecular formula is C19H33O4P. The van der Waals surface area contributed by atoms with Gasteiger partial charge in [-0.1, -0.05) is 44.5 Å². The van der Waals surface area contributed by atoms with E-state index in [9.17, 15) is 0 Å². The van der Waals surface area contributed by atoms with Gasteiger partial charge in [0.1, 0.15) is 0 Å². The molecule has 0 saturated heterocycles. The van der Waals surface area contributed by atoms with Crippen molar-refractivity contribution in [3.63, 3.8) is 0 Å². The average molecular weight is 356 g/mol. The van der Waals surface area contributed by atoms with Gasteiger partial charge in [-0.15, -0.1) is 0 Å². The zero-order chi connectivity index (χ0) is 17.6. The minimum absolute atomic E-state index is 0.408. The Bertz CT molecular complexity index is 408. The van der Waals surface area contributed by atoms with Gasteiger partial charge in [0.05, 0.1) is 6.61 Å². The Morgan fingerprint density at radius 1 is 0.958 bits per heavy atom. The van der Waals surface area contributed by atoms with Gasteiger partial charge in [-0.3, -0.25) is 0 Å². The van der Waals surface area contributed by atoms with Crippen molar-refractivity contribution in [1.82, 2.24) is 0 Å². The molecule has 1 aromatic rings. The molecule has 24 heavy (non-hydrogen) atoms. The summed E-state index contributed by atoms with van der Waals surface area (Å²) in [6.07, 6.45) is 7.40. The topological polar surface area (TPSA) is 58.9 Å². The van der Waals surface area contributed by atoms with Crippen LogP contribution >= 0.6 is 8.60 Å². The van der Waals surface area contributed by atoms with Crippen molar-refractivity contribution < 1.29 is 19.0 Å². The van der Waals surface area contributed by atoms with Gasteiger partial charge in [-0.25, -0.2) is 0 Å². The summed E-state index contributed by atoms with van der Waals surface area (Å²) < 4.78 is 10.4. The van der Waals surface area contributed by atoms with Gasteiger partial charge in [0.25, 0.3) is 0 Å². The Kier molecular flexibility index (Phi) is 12.3. The maximum absolute atomic E-state index is 8.74. The van der Waals surface area contributed by atoms with Gasteiger partial charge in [0, 0.05) is 13.2 Å². The molecule has 4 nitrogen and oxygen atoms in total. The third-order valence-corrected chi connectivity index (χ3v) is 4.66. The lowest BCUT2D eigenvalue weighted by Gasteiger charge is -2.16. The van der Waals surface area contributed by atoms with Crippen LogP contribution in [0.3, 0.4) is 0 Å². The first-order valence-electron chi connectivity index (χ1n) is 9.14. The second-order valence-corrected chi connectivity index (χ2v) is 6.91. The summed E-state index contributed by atoms with van der Waals surface area (Å²) in [7, 11) is -2.22. The van der Waals surface area contributed by atoms with E-state index in [1.807, 2.05) is 0 Å². The molecule has 5 heteroatoms. The third kappa shape index (κ3) is 9.71. The van der Waals surface area contributed by atoms with Crippen LogP contribution in [0, 0.1) is 0 Å². The van der Waals surface area contributed by atoms with Gasteiger partial charge in [0.2, 0.25) is 0 Å². The number of ether oxygens (including phenoxy) is 1. The van der Waals surface area contributed by atoms with E-state index in [1.165, 1.54) is 17.5 Å². The number of unbranched alkanes of at least 4 members (excludes halogenated alkanes) is 1. The molecule has 0 aliphatic carbocycles. The van der Waals surface area contributed by atoms with E-state index >= 15 is 0 Å². The minimum atomic E-state index is -2.22. The molecule has 1 rings (SSSR count). The van der Waals surface area contributed by atoms with Crippen LogP contribution in [0.4, 0.5) is 0 Å². The van der Waals surface area contributed by atoms with Gasteiger partial charge >= 0.3 is 8.60 Å². The molecule has 1 atom stereocenters. The van der Waals surface area contributed by atoms with E-state index in [0.29, 0.717) is 12.5 Å². The van der Waals surface area contributed by atoms with Gasteiger partial charge in [0.15, 0.2) is 0 Å². The summed E-state index contributed by atoms with van der Waals surface area (Å²) >= 11 is 0. The first-order valence-corrected chi connectivity index (χ1v) is 10.3. The maximum atomic E-state index is 8.74. The van der Waals surface area contributed by atoms with E-state index < -0.39 is 8.60 Å². The molecule has 0 bridgehead atoms. The quantitative estimate of drug-likeness (QED) is 0.366. The first-order chi connectivity index (χ1) is 11.7. The summed E-state index contributed by atoms with van der Waals surface area (Å²) in [5.74, 6) is 0.503. The fourth-order valence-corrected chi connectivity index (χ4v) is 3.06. The van der Waals surface area contributed by atoms with Crippen LogP contribution in [-0.2, 0) is 15.7 Å². The van der Waals surface area contributed by atoms with E-state index in [1.54, 1.807) is 0 Å². The largest absolute Gasteiger partial charge is 0.381 e. The summed E-state index contributed by atoms with van der Waals surface area (Å²) in [6, 6.07) is 8.91. The van der Waals surface area contributed by atoms with Crippen molar-refractivity contribution >= 4 is 8.60 Å². The van der Waals surface area contributed by atoms with E-state index in [0.717, 1.165) is 51.7 Å². The van der Waals surface area contributed by atoms with Crippen molar-refractivity contribution in [2.45, 2.75) is 64.7 Å². The standard InChI is InChI=1S/C19H33O4P/c1-3-5-14-22-15-6-8-17-10-12-19(13-11-17)18(4-2)9-7-16-23-24(20)21/h10-13,18,20-21H,3-9,14-16H2,1-2H3.